The van der Waals surface area contributed by atoms with Gasteiger partial charge in [-0.1, -0.05) is 6.07 Å². The molecule has 0 spiro atoms. The van der Waals surface area contributed by atoms with Crippen LogP contribution in [0.3, 0.4) is 0 Å². The van der Waals surface area contributed by atoms with Crippen LogP contribution in [0, 0.1) is 5.41 Å². The second-order valence-electron chi connectivity index (χ2n) is 6.40. The van der Waals surface area contributed by atoms with Crippen molar-refractivity contribution < 1.29 is 24.6 Å². The molecule has 2 rings (SSSR count). The van der Waals surface area contributed by atoms with Crippen LogP contribution in [-0.2, 0) is 11.3 Å². The molecule has 1 aromatic rings. The van der Waals surface area contributed by atoms with Crippen LogP contribution >= 0.6 is 0 Å². The van der Waals surface area contributed by atoms with E-state index in [0.29, 0.717) is 12.3 Å². The molecule has 0 unspecified atom stereocenters. The quantitative estimate of drug-likeness (QED) is 0.568. The van der Waals surface area contributed by atoms with Gasteiger partial charge in [-0.2, -0.15) is 0 Å². The number of carbonyl (C=O) groups excluding carboxylic acids is 2. The van der Waals surface area contributed by atoms with Crippen LogP contribution in [0.1, 0.15) is 36.7 Å². The summed E-state index contributed by atoms with van der Waals surface area (Å²) in [5.41, 5.74) is 1.76. The number of ether oxygens (including phenoxy) is 1. The molecule has 0 fully saturated rings. The van der Waals surface area contributed by atoms with Crippen molar-refractivity contribution in [3.05, 3.63) is 29.3 Å². The molecule has 7 heteroatoms. The smallest absolute Gasteiger partial charge is 0.274 e. The Morgan fingerprint density at radius 3 is 2.74 bits per heavy atom. The number of nitrogens with zero attached hydrogens (tertiary/aromatic N) is 1. The average Bonchev–Trinajstić information content (AvgIpc) is 2.72. The minimum Gasteiger partial charge on any atom is -0.491 e. The Labute approximate surface area is 134 Å². The molecule has 0 saturated heterocycles. The molecule has 0 aromatic heterocycles. The van der Waals surface area contributed by atoms with E-state index in [-0.39, 0.29) is 30.7 Å². The van der Waals surface area contributed by atoms with Crippen LogP contribution in [0.15, 0.2) is 18.2 Å². The lowest BCUT2D eigenvalue weighted by atomic mass is 9.92. The summed E-state index contributed by atoms with van der Waals surface area (Å²) in [6.45, 7) is 5.65. The maximum Gasteiger partial charge on any atom is 0.274 e. The highest BCUT2D eigenvalue weighted by Crippen LogP contribution is 2.29. The van der Waals surface area contributed by atoms with E-state index in [1.807, 2.05) is 6.92 Å². The zero-order chi connectivity index (χ0) is 17.2. The molecule has 2 amide bonds. The summed E-state index contributed by atoms with van der Waals surface area (Å²) in [6.07, 6.45) is 0. The van der Waals surface area contributed by atoms with Gasteiger partial charge in [-0.25, -0.2) is 5.48 Å². The molecule has 1 aliphatic rings. The van der Waals surface area contributed by atoms with E-state index in [2.05, 4.69) is 0 Å². The van der Waals surface area contributed by atoms with Gasteiger partial charge in [-0.3, -0.25) is 14.8 Å². The number of carbonyl (C=O) groups is 2. The van der Waals surface area contributed by atoms with Crippen LogP contribution < -0.4 is 10.2 Å². The first-order valence-electron chi connectivity index (χ1n) is 7.42. The van der Waals surface area contributed by atoms with E-state index in [0.717, 1.165) is 5.56 Å². The fourth-order valence-corrected chi connectivity index (χ4v) is 2.39. The Morgan fingerprint density at radius 2 is 2.13 bits per heavy atom. The summed E-state index contributed by atoms with van der Waals surface area (Å²) >= 11 is 0. The van der Waals surface area contributed by atoms with Gasteiger partial charge in [-0.15, -0.1) is 0 Å². The number of aliphatic hydroxyl groups is 1. The molecule has 0 bridgehead atoms. The molecule has 1 aliphatic heterocycles. The number of hydroxylamine groups is 1. The van der Waals surface area contributed by atoms with Gasteiger partial charge in [0.15, 0.2) is 0 Å². The van der Waals surface area contributed by atoms with Crippen LogP contribution in [0.5, 0.6) is 5.75 Å². The van der Waals surface area contributed by atoms with Crippen LogP contribution in [0.2, 0.25) is 0 Å². The zero-order valence-electron chi connectivity index (χ0n) is 13.5. The Hall–Kier alpha value is -2.12. The topological polar surface area (TPSA) is 99.1 Å². The first kappa shape index (κ1) is 17.2. The lowest BCUT2D eigenvalue weighted by Crippen LogP contribution is -2.47. The van der Waals surface area contributed by atoms with Crippen molar-refractivity contribution in [3.63, 3.8) is 0 Å². The number of hydrogen-bond acceptors (Lipinski definition) is 5. The van der Waals surface area contributed by atoms with Crippen molar-refractivity contribution in [2.24, 2.45) is 5.41 Å². The maximum absolute atomic E-state index is 12.7. The number of amides is 2. The molecule has 0 radical (unpaired) electrons. The second kappa shape index (κ2) is 6.55. The molecular weight excluding hydrogens is 300 g/mol. The Bertz CT molecular complexity index is 614. The van der Waals surface area contributed by atoms with Gasteiger partial charge in [0.25, 0.3) is 5.91 Å². The van der Waals surface area contributed by atoms with Crippen molar-refractivity contribution in [2.75, 3.05) is 13.2 Å². The van der Waals surface area contributed by atoms with E-state index in [9.17, 15) is 14.7 Å². The highest BCUT2D eigenvalue weighted by atomic mass is 16.5. The van der Waals surface area contributed by atoms with E-state index in [1.165, 1.54) is 0 Å². The summed E-state index contributed by atoms with van der Waals surface area (Å²) in [5, 5.41) is 18.1. The third-order valence-corrected chi connectivity index (χ3v) is 4.02. The van der Waals surface area contributed by atoms with Gasteiger partial charge in [0.05, 0.1) is 18.1 Å². The van der Waals surface area contributed by atoms with Crippen molar-refractivity contribution >= 4 is 11.8 Å². The van der Waals surface area contributed by atoms with Crippen molar-refractivity contribution in [2.45, 2.75) is 33.4 Å². The van der Waals surface area contributed by atoms with Gasteiger partial charge in [0.1, 0.15) is 12.4 Å². The standard InChI is InChI=1S/C16H22N2O5/c1-10-8-23-13-6-11(14(20)17-22)4-5-12(13)7-18(10)15(21)16(2,3)9-19/h4-6,10,19,22H,7-9H2,1-3H3,(H,17,20)/t10-/m0/s1. The largest absolute Gasteiger partial charge is 0.491 e. The predicted octanol–water partition coefficient (Wildman–Crippen LogP) is 0.934. The second-order valence-corrected chi connectivity index (χ2v) is 6.40. The number of hydrogen-bond donors (Lipinski definition) is 3. The Balaban J connectivity index is 2.32. The molecule has 0 saturated carbocycles. The minimum absolute atomic E-state index is 0.152. The van der Waals surface area contributed by atoms with Crippen LogP contribution in [-0.4, -0.2) is 46.3 Å². The number of rotatable bonds is 3. The molecule has 1 aromatic carbocycles. The fourth-order valence-electron chi connectivity index (χ4n) is 2.39. The molecule has 23 heavy (non-hydrogen) atoms. The Morgan fingerprint density at radius 1 is 1.43 bits per heavy atom. The number of aliphatic hydroxyl groups excluding tert-OH is 1. The van der Waals surface area contributed by atoms with Gasteiger partial charge >= 0.3 is 0 Å². The third-order valence-electron chi connectivity index (χ3n) is 4.02. The number of fused-ring (bicyclic) bond motifs is 1. The van der Waals surface area contributed by atoms with Gasteiger partial charge in [0.2, 0.25) is 5.91 Å². The zero-order valence-corrected chi connectivity index (χ0v) is 13.5. The summed E-state index contributed by atoms with van der Waals surface area (Å²) in [6, 6.07) is 4.63. The first-order valence-corrected chi connectivity index (χ1v) is 7.42. The minimum atomic E-state index is -0.866. The normalized spacial score (nSPS) is 17.8. The average molecular weight is 322 g/mol. The summed E-state index contributed by atoms with van der Waals surface area (Å²) in [5.74, 6) is -0.265. The fraction of sp³-hybridized carbons (Fsp3) is 0.500. The monoisotopic (exact) mass is 322 g/mol. The Kier molecular flexibility index (Phi) is 4.91. The van der Waals surface area contributed by atoms with Gasteiger partial charge in [-0.05, 0) is 32.9 Å². The first-order chi connectivity index (χ1) is 10.8. The van der Waals surface area contributed by atoms with Crippen LogP contribution in [0.25, 0.3) is 0 Å². The molecule has 0 aliphatic carbocycles. The van der Waals surface area contributed by atoms with E-state index < -0.39 is 11.3 Å². The van der Waals surface area contributed by atoms with E-state index >= 15 is 0 Å². The molecule has 3 N–H and O–H groups in total. The van der Waals surface area contributed by atoms with Gasteiger partial charge in [0, 0.05) is 17.7 Å². The molecule has 1 heterocycles. The molecular formula is C16H22N2O5. The van der Waals surface area contributed by atoms with Crippen molar-refractivity contribution in [1.82, 2.24) is 10.4 Å². The van der Waals surface area contributed by atoms with E-state index in [1.54, 1.807) is 42.4 Å². The number of nitrogens with one attached hydrogen (secondary N) is 1. The summed E-state index contributed by atoms with van der Waals surface area (Å²) in [7, 11) is 0. The molecule has 1 atom stereocenters. The SMILES string of the molecule is C[C@H]1COc2cc(C(=O)NO)ccc2CN1C(=O)C(C)(C)CO. The van der Waals surface area contributed by atoms with Crippen molar-refractivity contribution in [3.8, 4) is 5.75 Å². The van der Waals surface area contributed by atoms with Crippen molar-refractivity contribution in [1.29, 1.82) is 0 Å². The summed E-state index contributed by atoms with van der Waals surface area (Å²) in [4.78, 5) is 25.8. The van der Waals surface area contributed by atoms with E-state index in [4.69, 9.17) is 9.94 Å². The van der Waals surface area contributed by atoms with Gasteiger partial charge < -0.3 is 14.7 Å². The number of benzene rings is 1. The lowest BCUT2D eigenvalue weighted by Gasteiger charge is -2.33. The predicted molar refractivity (Wildman–Crippen MR) is 82.1 cm³/mol. The third kappa shape index (κ3) is 3.46. The summed E-state index contributed by atoms with van der Waals surface area (Å²) < 4.78 is 5.70. The highest BCUT2D eigenvalue weighted by Gasteiger charge is 2.35. The molecule has 126 valence electrons. The maximum atomic E-state index is 12.7. The van der Waals surface area contributed by atoms with Crippen LogP contribution in [0.4, 0.5) is 0 Å². The highest BCUT2D eigenvalue weighted by molar-refractivity contribution is 5.93. The molecule has 7 nitrogen and oxygen atoms in total. The lowest BCUT2D eigenvalue weighted by molar-refractivity contribution is -0.145.